The van der Waals surface area contributed by atoms with E-state index >= 15 is 0 Å². The number of hydrogen-bond acceptors (Lipinski definition) is 4. The van der Waals surface area contributed by atoms with Gasteiger partial charge in [-0.15, -0.1) is 0 Å². The van der Waals surface area contributed by atoms with Crippen LogP contribution in [-0.2, 0) is 0 Å². The Kier molecular flexibility index (Phi) is 3.83. The van der Waals surface area contributed by atoms with E-state index in [9.17, 15) is 0 Å². The molecule has 3 aromatic carbocycles. The summed E-state index contributed by atoms with van der Waals surface area (Å²) in [7, 11) is 8.74. The molecule has 2 heterocycles. The summed E-state index contributed by atoms with van der Waals surface area (Å²) in [4.78, 5) is 9.47. The van der Waals surface area contributed by atoms with E-state index in [-0.39, 0.29) is 14.0 Å². The molecule has 0 aromatic heterocycles. The minimum Gasteiger partial charge on any atom is -0.393 e. The fourth-order valence-corrected chi connectivity index (χ4v) is 4.94. The zero-order chi connectivity index (χ0) is 19.4. The minimum absolute atomic E-state index is 0.205. The maximum Gasteiger partial charge on any atom is 0.410 e. The molecule has 138 valence electrons. The molecule has 6 heteroatoms. The number of anilines is 4. The van der Waals surface area contributed by atoms with Crippen LogP contribution in [0, 0.1) is 0 Å². The van der Waals surface area contributed by atoms with Gasteiger partial charge in [-0.25, -0.2) is 0 Å². The normalized spacial score (nSPS) is 15.4. The lowest BCUT2D eigenvalue weighted by atomic mass is 9.60. The molecule has 0 unspecified atom stereocenters. The molecule has 0 saturated carbocycles. The molecule has 0 atom stereocenters. The van der Waals surface area contributed by atoms with Crippen molar-refractivity contribution in [2.75, 3.05) is 47.4 Å². The predicted octanol–water partition coefficient (Wildman–Crippen LogP) is 2.25. The first kappa shape index (κ1) is 17.1. The minimum atomic E-state index is 0.205. The first-order valence-corrected chi connectivity index (χ1v) is 9.77. The van der Waals surface area contributed by atoms with Crippen molar-refractivity contribution in [3.05, 3.63) is 72.8 Å². The fraction of sp³-hybridized carbons (Fsp3) is 0.182. The van der Waals surface area contributed by atoms with E-state index in [0.717, 1.165) is 0 Å². The summed E-state index contributed by atoms with van der Waals surface area (Å²) in [6.45, 7) is 0.411. The van der Waals surface area contributed by atoms with Gasteiger partial charge in [0.1, 0.15) is 0 Å². The van der Waals surface area contributed by atoms with Crippen LogP contribution in [0.1, 0.15) is 0 Å². The Balaban J connectivity index is 1.52. The number of rotatable bonds is 2. The standard InChI is InChI=1S/C22H24B2N4/c1-25-19-12-5-6-13-20(19)26(2)23(25)17-10-9-11-18(16-17)24-27(3)21-14-7-8-15-22(21)28(24)4/h5-16H,1-4H3. The molecule has 0 spiro atoms. The van der Waals surface area contributed by atoms with Gasteiger partial charge in [-0.2, -0.15) is 0 Å². The van der Waals surface area contributed by atoms with Crippen LogP contribution >= 0.6 is 0 Å². The molecule has 0 bridgehead atoms. The summed E-state index contributed by atoms with van der Waals surface area (Å²) in [5.41, 5.74) is 7.75. The fourth-order valence-electron chi connectivity index (χ4n) is 4.94. The molecule has 0 amide bonds. The zero-order valence-electron chi connectivity index (χ0n) is 16.9. The van der Waals surface area contributed by atoms with Crippen LogP contribution in [0.3, 0.4) is 0 Å². The van der Waals surface area contributed by atoms with Gasteiger partial charge in [-0.05, 0) is 63.4 Å². The molecular formula is C22H24B2N4. The Bertz CT molecular complexity index is 904. The molecule has 4 nitrogen and oxygen atoms in total. The van der Waals surface area contributed by atoms with E-state index in [2.05, 4.69) is 120 Å². The first-order valence-electron chi connectivity index (χ1n) is 9.77. The quantitative estimate of drug-likeness (QED) is 0.645. The highest BCUT2D eigenvalue weighted by Crippen LogP contribution is 2.36. The summed E-state index contributed by atoms with van der Waals surface area (Å²) in [6, 6.07) is 26.3. The molecule has 0 radical (unpaired) electrons. The number of benzene rings is 3. The molecule has 0 N–H and O–H groups in total. The topological polar surface area (TPSA) is 13.0 Å². The van der Waals surface area contributed by atoms with E-state index in [1.165, 1.54) is 33.7 Å². The van der Waals surface area contributed by atoms with E-state index in [1.54, 1.807) is 0 Å². The molecule has 0 fully saturated rings. The molecular weight excluding hydrogens is 342 g/mol. The number of fused-ring (bicyclic) bond motifs is 2. The van der Waals surface area contributed by atoms with Gasteiger partial charge in [-0.3, -0.25) is 0 Å². The van der Waals surface area contributed by atoms with E-state index in [4.69, 9.17) is 0 Å². The SMILES string of the molecule is CN1B(c2cccc(B3N(C)c4ccccc4N3C)c2)N(C)c2ccccc21. The Labute approximate surface area is 168 Å². The summed E-state index contributed by atoms with van der Waals surface area (Å²) in [6.07, 6.45) is 0. The first-order chi connectivity index (χ1) is 13.6. The molecule has 0 aliphatic carbocycles. The third-order valence-electron chi connectivity index (χ3n) is 6.26. The Morgan fingerprint density at radius 2 is 0.786 bits per heavy atom. The average Bonchev–Trinajstić information content (AvgIpc) is 3.13. The van der Waals surface area contributed by atoms with Crippen LogP contribution < -0.4 is 30.2 Å². The van der Waals surface area contributed by atoms with Gasteiger partial charge >= 0.3 is 14.0 Å². The zero-order valence-corrected chi connectivity index (χ0v) is 16.9. The highest BCUT2D eigenvalue weighted by Gasteiger charge is 2.40. The summed E-state index contributed by atoms with van der Waals surface area (Å²) in [5, 5.41) is 0. The number of nitrogens with zero attached hydrogens (tertiary/aromatic N) is 4. The second kappa shape index (κ2) is 6.26. The largest absolute Gasteiger partial charge is 0.410 e. The van der Waals surface area contributed by atoms with Gasteiger partial charge in [0.2, 0.25) is 0 Å². The van der Waals surface area contributed by atoms with Crippen LogP contribution in [-0.4, -0.2) is 42.2 Å². The van der Waals surface area contributed by atoms with Crippen LogP contribution in [0.4, 0.5) is 22.7 Å². The lowest BCUT2D eigenvalue weighted by Gasteiger charge is -2.27. The molecule has 0 saturated heterocycles. The van der Waals surface area contributed by atoms with Crippen LogP contribution in [0.5, 0.6) is 0 Å². The highest BCUT2D eigenvalue weighted by molar-refractivity contribution is 6.84. The molecule has 2 aliphatic rings. The number of para-hydroxylation sites is 4. The Hall–Kier alpha value is -3.01. The summed E-state index contributed by atoms with van der Waals surface area (Å²) in [5.74, 6) is 0. The maximum absolute atomic E-state index is 2.37. The van der Waals surface area contributed by atoms with E-state index in [1.807, 2.05) is 0 Å². The molecule has 2 aliphatic heterocycles. The van der Waals surface area contributed by atoms with Crippen molar-refractivity contribution < 1.29 is 0 Å². The van der Waals surface area contributed by atoms with Crippen LogP contribution in [0.15, 0.2) is 72.8 Å². The second-order valence-electron chi connectivity index (χ2n) is 7.84. The van der Waals surface area contributed by atoms with Gasteiger partial charge in [0, 0.05) is 22.7 Å². The Morgan fingerprint density at radius 1 is 0.464 bits per heavy atom. The van der Waals surface area contributed by atoms with Crippen LogP contribution in [0.2, 0.25) is 0 Å². The van der Waals surface area contributed by atoms with Gasteiger partial charge < -0.3 is 19.2 Å². The number of hydrogen-bond donors (Lipinski definition) is 0. The predicted molar refractivity (Wildman–Crippen MR) is 124 cm³/mol. The monoisotopic (exact) mass is 366 g/mol. The van der Waals surface area contributed by atoms with Crippen LogP contribution in [0.25, 0.3) is 0 Å². The molecule has 28 heavy (non-hydrogen) atoms. The summed E-state index contributed by atoms with van der Waals surface area (Å²) >= 11 is 0. The molecule has 5 rings (SSSR count). The lowest BCUT2D eigenvalue weighted by Crippen LogP contribution is -2.58. The van der Waals surface area contributed by atoms with Gasteiger partial charge in [-0.1, -0.05) is 48.5 Å². The average molecular weight is 366 g/mol. The van der Waals surface area contributed by atoms with Crippen molar-refractivity contribution in [1.29, 1.82) is 0 Å². The Morgan fingerprint density at radius 3 is 1.11 bits per heavy atom. The van der Waals surface area contributed by atoms with Crippen molar-refractivity contribution in [3.63, 3.8) is 0 Å². The van der Waals surface area contributed by atoms with Crippen molar-refractivity contribution in [3.8, 4) is 0 Å². The smallest absolute Gasteiger partial charge is 0.393 e. The van der Waals surface area contributed by atoms with Gasteiger partial charge in [0.15, 0.2) is 0 Å². The highest BCUT2D eigenvalue weighted by atomic mass is 15.3. The van der Waals surface area contributed by atoms with Crippen molar-refractivity contribution in [1.82, 2.24) is 0 Å². The maximum atomic E-state index is 2.37. The second-order valence-corrected chi connectivity index (χ2v) is 7.84. The third-order valence-corrected chi connectivity index (χ3v) is 6.26. The van der Waals surface area contributed by atoms with Gasteiger partial charge in [0.05, 0.1) is 0 Å². The summed E-state index contributed by atoms with van der Waals surface area (Å²) < 4.78 is 0. The molecule has 3 aromatic rings. The van der Waals surface area contributed by atoms with Crippen molar-refractivity contribution in [2.24, 2.45) is 0 Å². The third kappa shape index (κ3) is 2.34. The van der Waals surface area contributed by atoms with Crippen molar-refractivity contribution >= 4 is 47.6 Å². The van der Waals surface area contributed by atoms with Gasteiger partial charge in [0.25, 0.3) is 0 Å². The van der Waals surface area contributed by atoms with Crippen molar-refractivity contribution in [2.45, 2.75) is 0 Å². The van der Waals surface area contributed by atoms with E-state index < -0.39 is 0 Å². The van der Waals surface area contributed by atoms with E-state index in [0.29, 0.717) is 0 Å². The lowest BCUT2D eigenvalue weighted by molar-refractivity contribution is 1.30.